The van der Waals surface area contributed by atoms with Crippen LogP contribution in [-0.4, -0.2) is 38.5 Å². The molecule has 2 atom stereocenters. The lowest BCUT2D eigenvalue weighted by atomic mass is 9.75. The van der Waals surface area contributed by atoms with Crippen LogP contribution in [0.4, 0.5) is 0 Å². The maximum Gasteiger partial charge on any atom is 0.231 e. The molecule has 0 amide bonds. The molecule has 128 valence electrons. The highest BCUT2D eigenvalue weighted by atomic mass is 35.5. The van der Waals surface area contributed by atoms with E-state index >= 15 is 0 Å². The molecule has 0 fully saturated rings. The van der Waals surface area contributed by atoms with Crippen molar-refractivity contribution in [3.8, 4) is 17.2 Å². The van der Waals surface area contributed by atoms with Crippen molar-refractivity contribution < 1.29 is 28.5 Å². The minimum atomic E-state index is -1.42. The van der Waals surface area contributed by atoms with E-state index in [1.165, 1.54) is 33.5 Å². The molecule has 1 aliphatic carbocycles. The van der Waals surface area contributed by atoms with Crippen LogP contribution in [0.25, 0.3) is 0 Å². The van der Waals surface area contributed by atoms with Crippen LogP contribution < -0.4 is 14.2 Å². The van der Waals surface area contributed by atoms with Gasteiger partial charge in [-0.05, 0) is 0 Å². The first-order valence-corrected chi connectivity index (χ1v) is 7.75. The van der Waals surface area contributed by atoms with Crippen LogP contribution in [0.2, 0.25) is 5.02 Å². The predicted molar refractivity (Wildman–Crippen MR) is 86.1 cm³/mol. The standard InChI is InChI=1S/C17H17ClO6/c1-8-5-9(19)6-12(23-4)17(8)16(20)13-10(21-2)7-11(22-3)14(18)15(13)24-17/h6-8H,5H2,1-4H3/t8-,17+/m0/s1. The van der Waals surface area contributed by atoms with Gasteiger partial charge in [-0.2, -0.15) is 0 Å². The second kappa shape index (κ2) is 5.70. The Balaban J connectivity index is 2.26. The Kier molecular flexibility index (Phi) is 3.95. The molecule has 0 N–H and O–H groups in total. The Morgan fingerprint density at radius 2 is 1.83 bits per heavy atom. The number of carbonyl (C=O) groups is 2. The van der Waals surface area contributed by atoms with Gasteiger partial charge in [0, 0.05) is 24.5 Å². The summed E-state index contributed by atoms with van der Waals surface area (Å²) in [5.41, 5.74) is -1.19. The van der Waals surface area contributed by atoms with Crippen molar-refractivity contribution in [2.75, 3.05) is 21.3 Å². The molecule has 0 saturated heterocycles. The van der Waals surface area contributed by atoms with Crippen molar-refractivity contribution >= 4 is 23.2 Å². The highest BCUT2D eigenvalue weighted by Gasteiger charge is 2.59. The summed E-state index contributed by atoms with van der Waals surface area (Å²) in [7, 11) is 4.31. The van der Waals surface area contributed by atoms with Crippen LogP contribution in [0, 0.1) is 5.92 Å². The molecule has 24 heavy (non-hydrogen) atoms. The number of ether oxygens (including phenoxy) is 4. The number of allylic oxidation sites excluding steroid dienone is 1. The van der Waals surface area contributed by atoms with Crippen LogP contribution in [0.1, 0.15) is 23.7 Å². The van der Waals surface area contributed by atoms with Crippen molar-refractivity contribution in [3.05, 3.63) is 28.5 Å². The molecule has 1 spiro atoms. The summed E-state index contributed by atoms with van der Waals surface area (Å²) in [4.78, 5) is 25.1. The number of benzene rings is 1. The van der Waals surface area contributed by atoms with Crippen LogP contribution in [0.5, 0.6) is 17.2 Å². The van der Waals surface area contributed by atoms with E-state index in [4.69, 9.17) is 30.5 Å². The Bertz CT molecular complexity index is 769. The summed E-state index contributed by atoms with van der Waals surface area (Å²) in [5.74, 6) is 0.107. The monoisotopic (exact) mass is 352 g/mol. The van der Waals surface area contributed by atoms with E-state index in [0.717, 1.165) is 0 Å². The second-order valence-electron chi connectivity index (χ2n) is 5.75. The average molecular weight is 353 g/mol. The first-order chi connectivity index (χ1) is 11.4. The zero-order valence-corrected chi connectivity index (χ0v) is 14.5. The van der Waals surface area contributed by atoms with Gasteiger partial charge in [-0.1, -0.05) is 18.5 Å². The van der Waals surface area contributed by atoms with E-state index in [-0.39, 0.29) is 40.1 Å². The summed E-state index contributed by atoms with van der Waals surface area (Å²) >= 11 is 6.33. The van der Waals surface area contributed by atoms with Gasteiger partial charge in [0.2, 0.25) is 11.4 Å². The third-order valence-electron chi connectivity index (χ3n) is 4.50. The molecule has 0 unspecified atom stereocenters. The van der Waals surface area contributed by atoms with Gasteiger partial charge in [0.05, 0.1) is 21.3 Å². The zero-order chi connectivity index (χ0) is 17.6. The van der Waals surface area contributed by atoms with Gasteiger partial charge in [0.15, 0.2) is 17.3 Å². The smallest absolute Gasteiger partial charge is 0.231 e. The molecule has 1 aliphatic heterocycles. The van der Waals surface area contributed by atoms with E-state index in [0.29, 0.717) is 11.5 Å². The van der Waals surface area contributed by atoms with Crippen LogP contribution in [-0.2, 0) is 9.53 Å². The van der Waals surface area contributed by atoms with Gasteiger partial charge in [-0.15, -0.1) is 0 Å². The normalized spacial score (nSPS) is 25.2. The molecule has 1 heterocycles. The van der Waals surface area contributed by atoms with E-state index < -0.39 is 11.5 Å². The Morgan fingerprint density at radius 1 is 1.17 bits per heavy atom. The quantitative estimate of drug-likeness (QED) is 0.833. The van der Waals surface area contributed by atoms with Crippen molar-refractivity contribution in [1.29, 1.82) is 0 Å². The van der Waals surface area contributed by atoms with E-state index in [1.54, 1.807) is 6.92 Å². The van der Waals surface area contributed by atoms with Gasteiger partial charge in [0.1, 0.15) is 22.1 Å². The van der Waals surface area contributed by atoms with Gasteiger partial charge >= 0.3 is 0 Å². The predicted octanol–water partition coefficient (Wildman–Crippen LogP) is 2.81. The number of carbonyl (C=O) groups excluding carboxylic acids is 2. The number of methoxy groups -OCH3 is 3. The van der Waals surface area contributed by atoms with E-state index in [1.807, 2.05) is 0 Å². The molecule has 0 radical (unpaired) electrons. The Labute approximate surface area is 144 Å². The number of hydrogen-bond donors (Lipinski definition) is 0. The van der Waals surface area contributed by atoms with E-state index in [2.05, 4.69) is 0 Å². The summed E-state index contributed by atoms with van der Waals surface area (Å²) in [6.45, 7) is 1.77. The number of fused-ring (bicyclic) bond motifs is 1. The lowest BCUT2D eigenvalue weighted by Gasteiger charge is -2.36. The van der Waals surface area contributed by atoms with Gasteiger partial charge in [0.25, 0.3) is 0 Å². The van der Waals surface area contributed by atoms with Crippen molar-refractivity contribution in [1.82, 2.24) is 0 Å². The molecule has 1 aromatic carbocycles. The summed E-state index contributed by atoms with van der Waals surface area (Å²) < 4.78 is 21.9. The average Bonchev–Trinajstić information content (AvgIpc) is 2.87. The molecular weight excluding hydrogens is 336 g/mol. The topological polar surface area (TPSA) is 71.1 Å². The van der Waals surface area contributed by atoms with Gasteiger partial charge in [-0.3, -0.25) is 9.59 Å². The summed E-state index contributed by atoms with van der Waals surface area (Å²) in [6.07, 6.45) is 1.48. The minimum absolute atomic E-state index is 0.118. The fourth-order valence-corrected chi connectivity index (χ4v) is 3.56. The molecule has 1 aromatic rings. The molecular formula is C17H17ClO6. The molecule has 0 aromatic heterocycles. The highest BCUT2D eigenvalue weighted by molar-refractivity contribution is 6.35. The number of rotatable bonds is 3. The lowest BCUT2D eigenvalue weighted by Crippen LogP contribution is -2.51. The van der Waals surface area contributed by atoms with E-state index in [9.17, 15) is 9.59 Å². The van der Waals surface area contributed by atoms with Crippen LogP contribution >= 0.6 is 11.6 Å². The molecule has 7 heteroatoms. The Morgan fingerprint density at radius 3 is 2.42 bits per heavy atom. The molecule has 2 aliphatic rings. The minimum Gasteiger partial charge on any atom is -0.496 e. The number of ketones is 2. The lowest BCUT2D eigenvalue weighted by molar-refractivity contribution is -0.118. The molecule has 0 saturated carbocycles. The van der Waals surface area contributed by atoms with Crippen LogP contribution in [0.3, 0.4) is 0 Å². The Hall–Kier alpha value is -2.21. The zero-order valence-electron chi connectivity index (χ0n) is 13.8. The maximum atomic E-state index is 13.3. The summed E-state index contributed by atoms with van der Waals surface area (Å²) in [6, 6.07) is 1.54. The summed E-state index contributed by atoms with van der Waals surface area (Å²) in [5, 5.41) is 0.179. The SMILES string of the molecule is COC1=CC(=O)C[C@H](C)[C@@]12Oc1c(Cl)c(OC)cc(OC)c1C2=O. The highest BCUT2D eigenvalue weighted by Crippen LogP contribution is 2.54. The van der Waals surface area contributed by atoms with Crippen molar-refractivity contribution in [2.24, 2.45) is 5.92 Å². The molecule has 6 nitrogen and oxygen atoms in total. The number of Topliss-reactive ketones (excluding diaryl/α,β-unsaturated/α-hetero) is 1. The second-order valence-corrected chi connectivity index (χ2v) is 6.13. The maximum absolute atomic E-state index is 13.3. The largest absolute Gasteiger partial charge is 0.496 e. The van der Waals surface area contributed by atoms with Crippen molar-refractivity contribution in [2.45, 2.75) is 18.9 Å². The number of hydrogen-bond acceptors (Lipinski definition) is 6. The fraction of sp³-hybridized carbons (Fsp3) is 0.412. The van der Waals surface area contributed by atoms with Crippen LogP contribution in [0.15, 0.2) is 17.9 Å². The molecule has 3 rings (SSSR count). The molecule has 0 bridgehead atoms. The van der Waals surface area contributed by atoms with Gasteiger partial charge < -0.3 is 18.9 Å². The van der Waals surface area contributed by atoms with Gasteiger partial charge in [-0.25, -0.2) is 0 Å². The van der Waals surface area contributed by atoms with Crippen molar-refractivity contribution in [3.63, 3.8) is 0 Å². The number of halogens is 1. The first-order valence-electron chi connectivity index (χ1n) is 7.38. The first kappa shape index (κ1) is 16.6. The third kappa shape index (κ3) is 2.02. The fourth-order valence-electron chi connectivity index (χ4n) is 3.30. The third-order valence-corrected chi connectivity index (χ3v) is 4.86.